The molecule has 14 heteroatoms. The topological polar surface area (TPSA) is 142 Å². The molecule has 4 rings (SSSR count). The van der Waals surface area contributed by atoms with E-state index in [1.807, 2.05) is 0 Å². The number of thiazole rings is 2. The lowest BCUT2D eigenvalue weighted by Gasteiger charge is -2.49. The Morgan fingerprint density at radius 3 is 2.93 bits per heavy atom. The van der Waals surface area contributed by atoms with Crippen molar-refractivity contribution >= 4 is 75.5 Å². The molecular formula is C16H13N5O5S4. The van der Waals surface area contributed by atoms with Crippen molar-refractivity contribution in [1.82, 2.24) is 20.2 Å². The number of fused-ring (bicyclic) bond motifs is 1. The Bertz CT molecular complexity index is 1040. The molecule has 2 aromatic rings. The van der Waals surface area contributed by atoms with Gasteiger partial charge in [-0.2, -0.15) is 0 Å². The molecular weight excluding hydrogens is 470 g/mol. The van der Waals surface area contributed by atoms with Crippen molar-refractivity contribution in [2.75, 3.05) is 11.1 Å². The third-order valence-corrected chi connectivity index (χ3v) is 8.40. The first-order valence-corrected chi connectivity index (χ1v) is 12.0. The molecule has 3 N–H and O–H groups in total. The SMILES string of the molecule is O=CNc1nc(CC(=O)N[C@@H]2C(=O)N3C(C(=O)O)=C(Sc4nccs4)CS[C@@H]23)cs1. The van der Waals surface area contributed by atoms with E-state index in [2.05, 4.69) is 20.6 Å². The lowest BCUT2D eigenvalue weighted by Crippen LogP contribution is -2.70. The van der Waals surface area contributed by atoms with E-state index in [0.717, 1.165) is 0 Å². The zero-order valence-electron chi connectivity index (χ0n) is 14.9. The zero-order valence-corrected chi connectivity index (χ0v) is 18.2. The Hall–Kier alpha value is -2.42. The molecule has 2 aromatic heterocycles. The van der Waals surface area contributed by atoms with E-state index in [4.69, 9.17) is 0 Å². The second-order valence-corrected chi connectivity index (χ2v) is 10.2. The number of β-lactam (4-membered cyclic amide) rings is 1. The fraction of sp³-hybridized carbons (Fsp3) is 0.250. The number of carboxylic acid groups (broad SMARTS) is 1. The minimum Gasteiger partial charge on any atom is -0.477 e. The molecule has 1 fully saturated rings. The van der Waals surface area contributed by atoms with Crippen molar-refractivity contribution in [3.8, 4) is 0 Å². The van der Waals surface area contributed by atoms with Gasteiger partial charge in [-0.15, -0.1) is 34.4 Å². The molecule has 30 heavy (non-hydrogen) atoms. The fourth-order valence-corrected chi connectivity index (χ4v) is 6.86. The van der Waals surface area contributed by atoms with Gasteiger partial charge in [0.05, 0.1) is 12.1 Å². The van der Waals surface area contributed by atoms with E-state index in [1.165, 1.54) is 51.1 Å². The van der Waals surface area contributed by atoms with Crippen LogP contribution in [0, 0.1) is 0 Å². The number of thioether (sulfide) groups is 2. The van der Waals surface area contributed by atoms with Gasteiger partial charge in [-0.25, -0.2) is 14.8 Å². The van der Waals surface area contributed by atoms with Gasteiger partial charge in [0.25, 0.3) is 5.91 Å². The normalized spacial score (nSPS) is 20.4. The molecule has 2 atom stereocenters. The van der Waals surface area contributed by atoms with Crippen LogP contribution in [0.15, 0.2) is 31.9 Å². The summed E-state index contributed by atoms with van der Waals surface area (Å²) >= 11 is 5.22. The summed E-state index contributed by atoms with van der Waals surface area (Å²) in [5.41, 5.74) is 0.411. The molecule has 156 valence electrons. The van der Waals surface area contributed by atoms with Crippen LogP contribution in [0.2, 0.25) is 0 Å². The number of amides is 3. The highest BCUT2D eigenvalue weighted by atomic mass is 32.2. The molecule has 0 radical (unpaired) electrons. The summed E-state index contributed by atoms with van der Waals surface area (Å²) in [7, 11) is 0. The van der Waals surface area contributed by atoms with Gasteiger partial charge >= 0.3 is 5.97 Å². The van der Waals surface area contributed by atoms with Crippen LogP contribution in [-0.4, -0.2) is 61.3 Å². The van der Waals surface area contributed by atoms with Gasteiger partial charge in [0.1, 0.15) is 17.1 Å². The van der Waals surface area contributed by atoms with Crippen molar-refractivity contribution in [3.63, 3.8) is 0 Å². The van der Waals surface area contributed by atoms with Crippen molar-refractivity contribution in [3.05, 3.63) is 33.3 Å². The average Bonchev–Trinajstić information content (AvgIpc) is 3.38. The van der Waals surface area contributed by atoms with Gasteiger partial charge in [0, 0.05) is 27.6 Å². The van der Waals surface area contributed by atoms with Crippen LogP contribution in [0.5, 0.6) is 0 Å². The highest BCUT2D eigenvalue weighted by Crippen LogP contribution is 2.45. The number of aliphatic carboxylic acids is 1. The Morgan fingerprint density at radius 1 is 1.40 bits per heavy atom. The molecule has 0 aromatic carbocycles. The number of hydrogen-bond donors (Lipinski definition) is 3. The number of hydrogen-bond acceptors (Lipinski definition) is 10. The van der Waals surface area contributed by atoms with Crippen molar-refractivity contribution < 1.29 is 24.3 Å². The first kappa shape index (κ1) is 20.8. The molecule has 2 aliphatic rings. The van der Waals surface area contributed by atoms with Gasteiger partial charge in [0.15, 0.2) is 9.47 Å². The van der Waals surface area contributed by atoms with Crippen molar-refractivity contribution in [1.29, 1.82) is 0 Å². The molecule has 0 spiro atoms. The first-order chi connectivity index (χ1) is 14.5. The van der Waals surface area contributed by atoms with Crippen LogP contribution in [0.25, 0.3) is 0 Å². The lowest BCUT2D eigenvalue weighted by molar-refractivity contribution is -0.150. The summed E-state index contributed by atoms with van der Waals surface area (Å²) < 4.78 is 0.701. The van der Waals surface area contributed by atoms with E-state index in [1.54, 1.807) is 17.0 Å². The quantitative estimate of drug-likeness (QED) is 0.373. The smallest absolute Gasteiger partial charge is 0.353 e. The minimum absolute atomic E-state index is 0.0506. The van der Waals surface area contributed by atoms with Crippen LogP contribution < -0.4 is 10.6 Å². The van der Waals surface area contributed by atoms with Crippen LogP contribution in [0.4, 0.5) is 5.13 Å². The van der Waals surface area contributed by atoms with E-state index in [0.29, 0.717) is 32.2 Å². The minimum atomic E-state index is -1.19. The van der Waals surface area contributed by atoms with Crippen LogP contribution >= 0.6 is 46.2 Å². The van der Waals surface area contributed by atoms with Gasteiger partial charge in [-0.1, -0.05) is 11.8 Å². The molecule has 3 amide bonds. The first-order valence-electron chi connectivity index (χ1n) is 8.40. The van der Waals surface area contributed by atoms with E-state index in [9.17, 15) is 24.3 Å². The number of rotatable bonds is 8. The number of nitrogens with zero attached hydrogens (tertiary/aromatic N) is 3. The summed E-state index contributed by atoms with van der Waals surface area (Å²) in [5, 5.41) is 18.1. The Kier molecular flexibility index (Phi) is 6.08. The number of carbonyl (C=O) groups excluding carboxylic acids is 3. The standard InChI is InChI=1S/C16H13N5O5S4/c22-6-18-15-19-7(4-29-15)3-9(23)20-10-12(24)21-11(14(25)26)8(5-28-13(10)21)30-16-17-1-2-27-16/h1-2,4,6,10,13H,3,5H2,(H,20,23)(H,25,26)(H,18,19,22)/t10-,13+/m1/s1. The highest BCUT2D eigenvalue weighted by molar-refractivity contribution is 8.07. The van der Waals surface area contributed by atoms with Gasteiger partial charge in [0.2, 0.25) is 12.3 Å². The van der Waals surface area contributed by atoms with Crippen LogP contribution in [-0.2, 0) is 25.6 Å². The number of carbonyl (C=O) groups is 4. The monoisotopic (exact) mass is 483 g/mol. The third kappa shape index (κ3) is 4.08. The second kappa shape index (κ2) is 8.75. The number of carboxylic acids is 1. The lowest BCUT2D eigenvalue weighted by atomic mass is 10.0. The van der Waals surface area contributed by atoms with E-state index < -0.39 is 29.2 Å². The Morgan fingerprint density at radius 2 is 2.23 bits per heavy atom. The summed E-state index contributed by atoms with van der Waals surface area (Å²) in [5.74, 6) is -1.65. The van der Waals surface area contributed by atoms with E-state index >= 15 is 0 Å². The van der Waals surface area contributed by atoms with E-state index in [-0.39, 0.29) is 12.1 Å². The molecule has 2 aliphatic heterocycles. The number of nitrogens with one attached hydrogen (secondary N) is 2. The maximum absolute atomic E-state index is 12.7. The Balaban J connectivity index is 1.43. The maximum atomic E-state index is 12.7. The van der Waals surface area contributed by atoms with Crippen LogP contribution in [0.1, 0.15) is 5.69 Å². The number of anilines is 1. The predicted molar refractivity (Wildman–Crippen MR) is 113 cm³/mol. The van der Waals surface area contributed by atoms with Crippen molar-refractivity contribution in [2.24, 2.45) is 0 Å². The molecule has 10 nitrogen and oxygen atoms in total. The number of aromatic nitrogens is 2. The third-order valence-electron chi connectivity index (χ3n) is 4.15. The molecule has 1 saturated heterocycles. The highest BCUT2D eigenvalue weighted by Gasteiger charge is 2.54. The Labute approximate surface area is 186 Å². The van der Waals surface area contributed by atoms with Gasteiger partial charge in [-0.3, -0.25) is 19.3 Å². The second-order valence-electron chi connectivity index (χ2n) is 6.01. The summed E-state index contributed by atoms with van der Waals surface area (Å²) in [6, 6.07) is -0.797. The van der Waals surface area contributed by atoms with Gasteiger partial charge in [-0.05, 0) is 0 Å². The molecule has 4 heterocycles. The van der Waals surface area contributed by atoms with Crippen molar-refractivity contribution in [2.45, 2.75) is 22.2 Å². The summed E-state index contributed by atoms with van der Waals surface area (Å²) in [6.07, 6.45) is 2.08. The largest absolute Gasteiger partial charge is 0.477 e. The summed E-state index contributed by atoms with van der Waals surface area (Å²) in [4.78, 5) is 57.3. The molecule has 0 bridgehead atoms. The van der Waals surface area contributed by atoms with Crippen LogP contribution in [0.3, 0.4) is 0 Å². The zero-order chi connectivity index (χ0) is 21.3. The molecule has 0 saturated carbocycles. The molecule has 0 aliphatic carbocycles. The predicted octanol–water partition coefficient (Wildman–Crippen LogP) is 1.20. The maximum Gasteiger partial charge on any atom is 0.353 e. The molecule has 0 unspecified atom stereocenters. The summed E-state index contributed by atoms with van der Waals surface area (Å²) in [6.45, 7) is 0. The average molecular weight is 484 g/mol. The fourth-order valence-electron chi connectivity index (χ4n) is 2.93. The van der Waals surface area contributed by atoms with Gasteiger partial charge < -0.3 is 15.7 Å².